The number of rotatable bonds is 5. The Hall–Kier alpha value is -0.0800. The lowest BCUT2D eigenvalue weighted by atomic mass is 9.80. The van der Waals surface area contributed by atoms with Crippen LogP contribution in [0.3, 0.4) is 0 Å². The molecule has 0 spiro atoms. The Bertz CT molecular complexity index is 97.7. The van der Waals surface area contributed by atoms with Gasteiger partial charge in [0.15, 0.2) is 0 Å². The molecule has 0 aromatic carbocycles. The summed E-state index contributed by atoms with van der Waals surface area (Å²) in [5.41, 5.74) is 0. The van der Waals surface area contributed by atoms with E-state index in [-0.39, 0.29) is 6.61 Å². The second-order valence-corrected chi connectivity index (χ2v) is 3.32. The Balaban J connectivity index is 1.88. The van der Waals surface area contributed by atoms with Crippen LogP contribution in [0.2, 0.25) is 0 Å². The Morgan fingerprint density at radius 1 is 1.45 bits per heavy atom. The van der Waals surface area contributed by atoms with Gasteiger partial charge >= 0.3 is 0 Å². The van der Waals surface area contributed by atoms with E-state index in [1.807, 2.05) is 0 Å². The fourth-order valence-corrected chi connectivity index (χ4v) is 1.46. The molecule has 0 unspecified atom stereocenters. The van der Waals surface area contributed by atoms with Crippen molar-refractivity contribution in [1.82, 2.24) is 0 Å². The van der Waals surface area contributed by atoms with Crippen LogP contribution in [0.15, 0.2) is 0 Å². The zero-order valence-corrected chi connectivity index (χ0v) is 7.25. The van der Waals surface area contributed by atoms with Gasteiger partial charge in [-0.15, -0.1) is 0 Å². The van der Waals surface area contributed by atoms with Gasteiger partial charge in [-0.3, -0.25) is 0 Å². The van der Waals surface area contributed by atoms with Gasteiger partial charge in [0.25, 0.3) is 0 Å². The van der Waals surface area contributed by atoms with Gasteiger partial charge in [-0.1, -0.05) is 13.3 Å². The zero-order chi connectivity index (χ0) is 8.10. The normalized spacial score (nSPS) is 30.0. The van der Waals surface area contributed by atoms with E-state index in [1.54, 1.807) is 0 Å². The van der Waals surface area contributed by atoms with E-state index in [1.165, 1.54) is 19.3 Å². The Morgan fingerprint density at radius 3 is 2.73 bits per heavy atom. The van der Waals surface area contributed by atoms with Crippen molar-refractivity contribution in [2.75, 3.05) is 13.2 Å². The molecule has 0 aliphatic heterocycles. The SMILES string of the molecule is CCC1CC(OCCCO)C1. The van der Waals surface area contributed by atoms with Crippen molar-refractivity contribution in [3.8, 4) is 0 Å². The highest BCUT2D eigenvalue weighted by molar-refractivity contribution is 4.78. The first-order valence-electron chi connectivity index (χ1n) is 4.59. The minimum Gasteiger partial charge on any atom is -0.396 e. The lowest BCUT2D eigenvalue weighted by Gasteiger charge is -2.34. The fraction of sp³-hybridized carbons (Fsp3) is 1.00. The van der Waals surface area contributed by atoms with Crippen LogP contribution >= 0.6 is 0 Å². The molecular weight excluding hydrogens is 140 g/mol. The maximum Gasteiger partial charge on any atom is 0.0580 e. The molecule has 1 saturated carbocycles. The summed E-state index contributed by atoms with van der Waals surface area (Å²) in [7, 11) is 0. The van der Waals surface area contributed by atoms with Crippen LogP contribution in [-0.4, -0.2) is 24.4 Å². The van der Waals surface area contributed by atoms with Gasteiger partial charge in [0.1, 0.15) is 0 Å². The van der Waals surface area contributed by atoms with E-state index in [9.17, 15) is 0 Å². The molecule has 1 N–H and O–H groups in total. The summed E-state index contributed by atoms with van der Waals surface area (Å²) in [6.45, 7) is 3.22. The molecule has 0 aromatic heterocycles. The minimum absolute atomic E-state index is 0.254. The van der Waals surface area contributed by atoms with Crippen molar-refractivity contribution in [3.63, 3.8) is 0 Å². The standard InChI is InChI=1S/C9H18O2/c1-2-8-6-9(7-8)11-5-3-4-10/h8-10H,2-7H2,1H3. The van der Waals surface area contributed by atoms with Crippen molar-refractivity contribution in [1.29, 1.82) is 0 Å². The lowest BCUT2D eigenvalue weighted by molar-refractivity contribution is -0.0350. The predicted octanol–water partition coefficient (Wildman–Crippen LogP) is 1.57. The molecule has 0 atom stereocenters. The van der Waals surface area contributed by atoms with Gasteiger partial charge in [0, 0.05) is 13.2 Å². The summed E-state index contributed by atoms with van der Waals surface area (Å²) in [6, 6.07) is 0. The van der Waals surface area contributed by atoms with Crippen LogP contribution in [-0.2, 0) is 4.74 Å². The first-order valence-corrected chi connectivity index (χ1v) is 4.59. The van der Waals surface area contributed by atoms with Gasteiger partial charge in [0.05, 0.1) is 6.10 Å². The number of hydrogen-bond donors (Lipinski definition) is 1. The maximum atomic E-state index is 8.49. The average Bonchev–Trinajstić information content (AvgIpc) is 1.94. The molecule has 0 heterocycles. The summed E-state index contributed by atoms with van der Waals surface area (Å²) < 4.78 is 5.49. The van der Waals surface area contributed by atoms with Crippen molar-refractivity contribution in [2.45, 2.75) is 38.7 Å². The van der Waals surface area contributed by atoms with Gasteiger partial charge in [-0.25, -0.2) is 0 Å². The third-order valence-corrected chi connectivity index (χ3v) is 2.43. The number of aliphatic hydroxyl groups is 1. The molecule has 1 rings (SSSR count). The zero-order valence-electron chi connectivity index (χ0n) is 7.25. The molecule has 0 radical (unpaired) electrons. The van der Waals surface area contributed by atoms with Crippen LogP contribution < -0.4 is 0 Å². The third-order valence-electron chi connectivity index (χ3n) is 2.43. The second kappa shape index (κ2) is 4.73. The van der Waals surface area contributed by atoms with Crippen LogP contribution in [0.1, 0.15) is 32.6 Å². The topological polar surface area (TPSA) is 29.5 Å². The van der Waals surface area contributed by atoms with E-state index in [4.69, 9.17) is 9.84 Å². The summed E-state index contributed by atoms with van der Waals surface area (Å²) in [5.74, 6) is 0.911. The highest BCUT2D eigenvalue weighted by Crippen LogP contribution is 2.32. The molecule has 1 fully saturated rings. The summed E-state index contributed by atoms with van der Waals surface area (Å²) in [5, 5.41) is 8.49. The average molecular weight is 158 g/mol. The van der Waals surface area contributed by atoms with E-state index < -0.39 is 0 Å². The molecule has 11 heavy (non-hydrogen) atoms. The molecule has 1 aliphatic rings. The van der Waals surface area contributed by atoms with E-state index >= 15 is 0 Å². The number of hydrogen-bond acceptors (Lipinski definition) is 2. The van der Waals surface area contributed by atoms with Crippen molar-refractivity contribution >= 4 is 0 Å². The van der Waals surface area contributed by atoms with Gasteiger partial charge in [-0.05, 0) is 25.2 Å². The molecule has 66 valence electrons. The number of ether oxygens (including phenoxy) is 1. The number of aliphatic hydroxyl groups excluding tert-OH is 1. The lowest BCUT2D eigenvalue weighted by Crippen LogP contribution is -2.31. The first kappa shape index (κ1) is 9.01. The molecule has 0 saturated heterocycles. The third kappa shape index (κ3) is 2.80. The summed E-state index contributed by atoms with van der Waals surface area (Å²) in [4.78, 5) is 0. The monoisotopic (exact) mass is 158 g/mol. The van der Waals surface area contributed by atoms with Gasteiger partial charge in [0.2, 0.25) is 0 Å². The van der Waals surface area contributed by atoms with Crippen molar-refractivity contribution in [3.05, 3.63) is 0 Å². The summed E-state index contributed by atoms with van der Waals surface area (Å²) >= 11 is 0. The highest BCUT2D eigenvalue weighted by atomic mass is 16.5. The molecule has 2 heteroatoms. The molecule has 1 aliphatic carbocycles. The van der Waals surface area contributed by atoms with E-state index in [0.717, 1.165) is 18.9 Å². The highest BCUT2D eigenvalue weighted by Gasteiger charge is 2.27. The van der Waals surface area contributed by atoms with E-state index in [2.05, 4.69) is 6.92 Å². The van der Waals surface area contributed by atoms with Crippen molar-refractivity contribution in [2.24, 2.45) is 5.92 Å². The maximum absolute atomic E-state index is 8.49. The van der Waals surface area contributed by atoms with Crippen LogP contribution in [0.4, 0.5) is 0 Å². The molecular formula is C9H18O2. The predicted molar refractivity (Wildman–Crippen MR) is 44.5 cm³/mol. The second-order valence-electron chi connectivity index (χ2n) is 3.32. The first-order chi connectivity index (χ1) is 5.36. The fourth-order valence-electron chi connectivity index (χ4n) is 1.46. The van der Waals surface area contributed by atoms with Crippen molar-refractivity contribution < 1.29 is 9.84 Å². The quantitative estimate of drug-likeness (QED) is 0.615. The van der Waals surface area contributed by atoms with Crippen LogP contribution in [0.25, 0.3) is 0 Å². The van der Waals surface area contributed by atoms with Crippen LogP contribution in [0, 0.1) is 5.92 Å². The Kier molecular flexibility index (Phi) is 3.87. The summed E-state index contributed by atoms with van der Waals surface area (Å²) in [6.07, 6.45) is 5.06. The van der Waals surface area contributed by atoms with Crippen LogP contribution in [0.5, 0.6) is 0 Å². The molecule has 0 amide bonds. The van der Waals surface area contributed by atoms with E-state index in [0.29, 0.717) is 6.10 Å². The molecule has 0 aromatic rings. The van der Waals surface area contributed by atoms with Gasteiger partial charge in [-0.2, -0.15) is 0 Å². The minimum atomic E-state index is 0.254. The smallest absolute Gasteiger partial charge is 0.0580 e. The molecule has 0 bridgehead atoms. The Labute approximate surface area is 68.6 Å². The van der Waals surface area contributed by atoms with Gasteiger partial charge < -0.3 is 9.84 Å². The molecule has 2 nitrogen and oxygen atoms in total. The largest absolute Gasteiger partial charge is 0.396 e. The Morgan fingerprint density at radius 2 is 2.18 bits per heavy atom.